The van der Waals surface area contributed by atoms with Crippen LogP contribution < -0.4 is 10.1 Å². The highest BCUT2D eigenvalue weighted by Crippen LogP contribution is 2.43. The van der Waals surface area contributed by atoms with E-state index < -0.39 is 47.6 Å². The first kappa shape index (κ1) is 31.6. The van der Waals surface area contributed by atoms with Crippen LogP contribution in [0.3, 0.4) is 0 Å². The summed E-state index contributed by atoms with van der Waals surface area (Å²) in [5.74, 6) is -0.137. The second kappa shape index (κ2) is 12.9. The van der Waals surface area contributed by atoms with Gasteiger partial charge in [-0.1, -0.05) is 36.4 Å². The number of carbonyl (C=O) groups is 1. The highest BCUT2D eigenvalue weighted by atomic mass is 19.4. The summed E-state index contributed by atoms with van der Waals surface area (Å²) in [6.07, 6.45) is -9.21. The zero-order valence-corrected chi connectivity index (χ0v) is 22.7. The molecule has 3 aromatic rings. The van der Waals surface area contributed by atoms with Gasteiger partial charge in [-0.15, -0.1) is 6.58 Å². The molecule has 2 N–H and O–H groups in total. The molecule has 6 nitrogen and oxygen atoms in total. The van der Waals surface area contributed by atoms with Crippen LogP contribution in [0.2, 0.25) is 0 Å². The number of alkyl halides is 6. The topological polar surface area (TPSA) is 80.2 Å². The Morgan fingerprint density at radius 2 is 1.63 bits per heavy atom. The zero-order chi connectivity index (χ0) is 31.3. The number of aliphatic hydroxyl groups is 1. The van der Waals surface area contributed by atoms with Crippen molar-refractivity contribution < 1.29 is 45.7 Å². The Balaban J connectivity index is 1.68. The van der Waals surface area contributed by atoms with Crippen molar-refractivity contribution in [3.05, 3.63) is 113 Å². The Bertz CT molecular complexity index is 1420. The monoisotopic (exact) mass is 606 g/mol. The van der Waals surface area contributed by atoms with Gasteiger partial charge in [-0.05, 0) is 53.6 Å². The molecule has 1 aliphatic heterocycles. The lowest BCUT2D eigenvalue weighted by atomic mass is 9.84. The average molecular weight is 607 g/mol. The minimum Gasteiger partial charge on any atom is -0.494 e. The molecule has 1 heterocycles. The number of aliphatic hydroxyl groups excluding tert-OH is 1. The molecule has 0 aromatic heterocycles. The van der Waals surface area contributed by atoms with Gasteiger partial charge in [0.1, 0.15) is 5.75 Å². The summed E-state index contributed by atoms with van der Waals surface area (Å²) in [6, 6.07) is 16.5. The second-order valence-corrected chi connectivity index (χ2v) is 9.79. The summed E-state index contributed by atoms with van der Waals surface area (Å²) >= 11 is 0. The van der Waals surface area contributed by atoms with E-state index in [9.17, 15) is 31.1 Å². The number of aliphatic imine (C=N–C) groups is 1. The van der Waals surface area contributed by atoms with Gasteiger partial charge >= 0.3 is 12.4 Å². The molecule has 0 unspecified atom stereocenters. The predicted molar refractivity (Wildman–Crippen MR) is 146 cm³/mol. The Morgan fingerprint density at radius 3 is 2.19 bits per heavy atom. The van der Waals surface area contributed by atoms with Crippen LogP contribution in [0.1, 0.15) is 46.8 Å². The molecule has 0 fully saturated rings. The zero-order valence-electron chi connectivity index (χ0n) is 22.7. The van der Waals surface area contributed by atoms with Gasteiger partial charge in [0.25, 0.3) is 5.91 Å². The molecule has 0 radical (unpaired) electrons. The lowest BCUT2D eigenvalue weighted by Gasteiger charge is -2.29. The third-order valence-electron chi connectivity index (χ3n) is 6.69. The first-order valence-corrected chi connectivity index (χ1v) is 13.2. The molecule has 12 heteroatoms. The predicted octanol–water partition coefficient (Wildman–Crippen LogP) is 6.63. The maximum absolute atomic E-state index is 13.8. The van der Waals surface area contributed by atoms with Crippen LogP contribution in [0.15, 0.2) is 90.4 Å². The van der Waals surface area contributed by atoms with E-state index in [1.54, 1.807) is 54.6 Å². The third-order valence-corrected chi connectivity index (χ3v) is 6.69. The minimum atomic E-state index is -5.03. The number of hydrogen-bond donors (Lipinski definition) is 2. The molecule has 0 aliphatic carbocycles. The number of nitrogens with one attached hydrogen (secondary N) is 1. The number of halogens is 6. The number of carbonyl (C=O) groups excluding carboxylic acids is 1. The fraction of sp³-hybridized carbons (Fsp3) is 0.290. The van der Waals surface area contributed by atoms with Crippen LogP contribution in [-0.2, 0) is 28.4 Å². The Kier molecular flexibility index (Phi) is 9.49. The molecule has 3 aromatic carbocycles. The van der Waals surface area contributed by atoms with Gasteiger partial charge in [0.15, 0.2) is 11.6 Å². The van der Waals surface area contributed by atoms with Gasteiger partial charge in [-0.3, -0.25) is 4.79 Å². The van der Waals surface area contributed by atoms with Gasteiger partial charge in [-0.25, -0.2) is 4.99 Å². The number of amides is 1. The molecule has 228 valence electrons. The maximum atomic E-state index is 13.8. The molecule has 0 saturated carbocycles. The van der Waals surface area contributed by atoms with Crippen molar-refractivity contribution in [1.82, 2.24) is 5.32 Å². The summed E-state index contributed by atoms with van der Waals surface area (Å²) in [6.45, 7) is 3.39. The molecule has 0 spiro atoms. The molecular weight excluding hydrogens is 578 g/mol. The normalized spacial score (nSPS) is 18.5. The molecule has 1 amide bonds. The van der Waals surface area contributed by atoms with E-state index in [1.165, 1.54) is 6.08 Å². The highest BCUT2D eigenvalue weighted by molar-refractivity contribution is 6.01. The number of hydrogen-bond acceptors (Lipinski definition) is 5. The molecule has 2 atom stereocenters. The average Bonchev–Trinajstić information content (AvgIpc) is 3.36. The third kappa shape index (κ3) is 7.37. The number of rotatable bonds is 11. The summed E-state index contributed by atoms with van der Waals surface area (Å²) in [4.78, 5) is 18.5. The van der Waals surface area contributed by atoms with E-state index in [4.69, 9.17) is 14.6 Å². The summed E-state index contributed by atoms with van der Waals surface area (Å²) in [7, 11) is 0. The standard InChI is InChI=1S/C31H28F6N2O4/c1-2-13-29(28(41)38-19-20-16-23(30(32,33)34)18-24(17-20)31(35,36)37)26(21-7-4-3-5-8-21)43-27(39-29)22-9-11-25(12-10-22)42-15-6-14-40/h2-5,7-12,16-18,26,40H,1,6,13-15,19H2,(H,38,41)/t26-,29-/m1/s1. The number of nitrogens with zero attached hydrogens (tertiary/aromatic N) is 1. The Labute approximate surface area is 243 Å². The van der Waals surface area contributed by atoms with E-state index >= 15 is 0 Å². The molecule has 4 rings (SSSR count). The minimum absolute atomic E-state index is 0.0195. The van der Waals surface area contributed by atoms with Gasteiger partial charge in [0.05, 0.1) is 17.7 Å². The molecule has 0 saturated heterocycles. The fourth-order valence-electron chi connectivity index (χ4n) is 4.62. The van der Waals surface area contributed by atoms with Crippen molar-refractivity contribution >= 4 is 11.8 Å². The largest absolute Gasteiger partial charge is 0.494 e. The van der Waals surface area contributed by atoms with Crippen LogP contribution in [0, 0.1) is 0 Å². The van der Waals surface area contributed by atoms with Crippen LogP contribution in [0.25, 0.3) is 0 Å². The van der Waals surface area contributed by atoms with Crippen LogP contribution in [-0.4, -0.2) is 35.7 Å². The summed E-state index contributed by atoms with van der Waals surface area (Å²) < 4.78 is 92.0. The SMILES string of the molecule is C=CC[C@@]1(C(=O)NCc2cc(C(F)(F)F)cc(C(F)(F)F)c2)N=C(c2ccc(OCCCO)cc2)O[C@@H]1c1ccccc1. The van der Waals surface area contributed by atoms with Crippen LogP contribution in [0.4, 0.5) is 26.3 Å². The van der Waals surface area contributed by atoms with Gasteiger partial charge < -0.3 is 19.9 Å². The van der Waals surface area contributed by atoms with Crippen LogP contribution >= 0.6 is 0 Å². The first-order chi connectivity index (χ1) is 20.4. The van der Waals surface area contributed by atoms with E-state index in [-0.39, 0.29) is 30.6 Å². The molecular formula is C31H28F6N2O4. The van der Waals surface area contributed by atoms with Crippen molar-refractivity contribution in [2.24, 2.45) is 4.99 Å². The van der Waals surface area contributed by atoms with Crippen molar-refractivity contribution in [3.8, 4) is 5.75 Å². The maximum Gasteiger partial charge on any atom is 0.416 e. The van der Waals surface area contributed by atoms with Crippen molar-refractivity contribution in [2.75, 3.05) is 13.2 Å². The van der Waals surface area contributed by atoms with Crippen molar-refractivity contribution in [3.63, 3.8) is 0 Å². The number of ether oxygens (including phenoxy) is 2. The summed E-state index contributed by atoms with van der Waals surface area (Å²) in [5, 5.41) is 11.4. The first-order valence-electron chi connectivity index (χ1n) is 13.2. The smallest absolute Gasteiger partial charge is 0.416 e. The van der Waals surface area contributed by atoms with Gasteiger partial charge in [-0.2, -0.15) is 26.3 Å². The van der Waals surface area contributed by atoms with E-state index in [0.717, 1.165) is 0 Å². The molecule has 0 bridgehead atoms. The summed E-state index contributed by atoms with van der Waals surface area (Å²) in [5.41, 5.74) is -3.96. The Morgan fingerprint density at radius 1 is 1.00 bits per heavy atom. The van der Waals surface area contributed by atoms with Crippen molar-refractivity contribution in [1.29, 1.82) is 0 Å². The van der Waals surface area contributed by atoms with E-state index in [0.29, 0.717) is 42.0 Å². The van der Waals surface area contributed by atoms with Gasteiger partial charge in [0.2, 0.25) is 5.90 Å². The van der Waals surface area contributed by atoms with E-state index in [1.807, 2.05) is 0 Å². The lowest BCUT2D eigenvalue weighted by Crippen LogP contribution is -2.47. The highest BCUT2D eigenvalue weighted by Gasteiger charge is 2.52. The Hall–Kier alpha value is -4.32. The molecule has 1 aliphatic rings. The second-order valence-electron chi connectivity index (χ2n) is 9.79. The van der Waals surface area contributed by atoms with Crippen molar-refractivity contribution in [2.45, 2.75) is 43.4 Å². The molecule has 43 heavy (non-hydrogen) atoms. The van der Waals surface area contributed by atoms with Gasteiger partial charge in [0, 0.05) is 31.6 Å². The lowest BCUT2D eigenvalue weighted by molar-refractivity contribution is -0.143. The fourth-order valence-corrected chi connectivity index (χ4v) is 4.62. The number of benzene rings is 3. The van der Waals surface area contributed by atoms with E-state index in [2.05, 4.69) is 16.9 Å². The quantitative estimate of drug-likeness (QED) is 0.146. The van der Waals surface area contributed by atoms with Crippen LogP contribution in [0.5, 0.6) is 5.75 Å².